The lowest BCUT2D eigenvalue weighted by molar-refractivity contribution is 0.238. The SMILES string of the molecule is N#Cc1c(Cl)cccc1N1CCC(CO)C1. The minimum Gasteiger partial charge on any atom is -0.396 e. The highest BCUT2D eigenvalue weighted by molar-refractivity contribution is 6.32. The van der Waals surface area contributed by atoms with E-state index >= 15 is 0 Å². The number of nitrogens with zero attached hydrogens (tertiary/aromatic N) is 2. The Morgan fingerprint density at radius 3 is 3.00 bits per heavy atom. The maximum atomic E-state index is 9.09. The molecule has 0 radical (unpaired) electrons. The molecule has 3 nitrogen and oxygen atoms in total. The zero-order chi connectivity index (χ0) is 11.5. The van der Waals surface area contributed by atoms with Crippen LogP contribution in [-0.4, -0.2) is 24.8 Å². The third kappa shape index (κ3) is 1.99. The van der Waals surface area contributed by atoms with Gasteiger partial charge in [0.1, 0.15) is 6.07 Å². The molecular weight excluding hydrogens is 224 g/mol. The summed E-state index contributed by atoms with van der Waals surface area (Å²) in [6.45, 7) is 1.88. The number of rotatable bonds is 2. The number of anilines is 1. The molecule has 4 heteroatoms. The van der Waals surface area contributed by atoms with Gasteiger partial charge in [0.2, 0.25) is 0 Å². The fourth-order valence-corrected chi connectivity index (χ4v) is 2.30. The standard InChI is InChI=1S/C12H13ClN2O/c13-11-2-1-3-12(10(11)6-14)15-5-4-9(7-15)8-16/h1-3,9,16H,4-5,7-8H2. The minimum absolute atomic E-state index is 0.207. The van der Waals surface area contributed by atoms with E-state index in [2.05, 4.69) is 11.0 Å². The second kappa shape index (κ2) is 4.73. The van der Waals surface area contributed by atoms with Crippen LogP contribution in [0, 0.1) is 17.2 Å². The molecule has 1 N–H and O–H groups in total. The lowest BCUT2D eigenvalue weighted by atomic mass is 10.1. The molecule has 0 aromatic heterocycles. The van der Waals surface area contributed by atoms with Gasteiger partial charge in [-0.3, -0.25) is 0 Å². The normalized spacial score (nSPS) is 19.8. The number of hydrogen-bond acceptors (Lipinski definition) is 3. The maximum absolute atomic E-state index is 9.09. The molecule has 0 spiro atoms. The molecule has 1 unspecified atom stereocenters. The molecule has 1 heterocycles. The van der Waals surface area contributed by atoms with Crippen molar-refractivity contribution in [2.45, 2.75) is 6.42 Å². The van der Waals surface area contributed by atoms with Crippen molar-refractivity contribution >= 4 is 17.3 Å². The lowest BCUT2D eigenvalue weighted by Crippen LogP contribution is -2.21. The average Bonchev–Trinajstić information content (AvgIpc) is 2.77. The van der Waals surface area contributed by atoms with Crippen LogP contribution in [0.15, 0.2) is 18.2 Å². The quantitative estimate of drug-likeness (QED) is 0.855. The smallest absolute Gasteiger partial charge is 0.103 e. The molecule has 1 aromatic rings. The third-order valence-corrected chi connectivity index (χ3v) is 3.30. The predicted octanol–water partition coefficient (Wildman–Crippen LogP) is 2.03. The predicted molar refractivity (Wildman–Crippen MR) is 63.6 cm³/mol. The minimum atomic E-state index is 0.207. The van der Waals surface area contributed by atoms with Crippen molar-refractivity contribution in [1.82, 2.24) is 0 Å². The highest BCUT2D eigenvalue weighted by atomic mass is 35.5. The van der Waals surface area contributed by atoms with Crippen LogP contribution in [0.5, 0.6) is 0 Å². The molecule has 0 saturated carbocycles. The second-order valence-electron chi connectivity index (χ2n) is 4.03. The molecule has 84 valence electrons. The summed E-state index contributed by atoms with van der Waals surface area (Å²) in [6.07, 6.45) is 0.966. The highest BCUT2D eigenvalue weighted by Crippen LogP contribution is 2.30. The number of benzene rings is 1. The van der Waals surface area contributed by atoms with Gasteiger partial charge < -0.3 is 10.0 Å². The van der Waals surface area contributed by atoms with E-state index < -0.39 is 0 Å². The van der Waals surface area contributed by atoms with E-state index in [-0.39, 0.29) is 6.61 Å². The number of nitriles is 1. The first-order valence-corrected chi connectivity index (χ1v) is 5.68. The van der Waals surface area contributed by atoms with Gasteiger partial charge in [0.25, 0.3) is 0 Å². The Labute approximate surface area is 99.9 Å². The molecule has 16 heavy (non-hydrogen) atoms. The van der Waals surface area contributed by atoms with Crippen LogP contribution in [0.2, 0.25) is 5.02 Å². The molecule has 2 rings (SSSR count). The van der Waals surface area contributed by atoms with Crippen LogP contribution in [-0.2, 0) is 0 Å². The number of halogens is 1. The van der Waals surface area contributed by atoms with Gasteiger partial charge in [-0.15, -0.1) is 0 Å². The van der Waals surface area contributed by atoms with Crippen molar-refractivity contribution in [1.29, 1.82) is 5.26 Å². The van der Waals surface area contributed by atoms with Crippen LogP contribution in [0.3, 0.4) is 0 Å². The summed E-state index contributed by atoms with van der Waals surface area (Å²) in [6, 6.07) is 7.62. The van der Waals surface area contributed by atoms with Crippen molar-refractivity contribution in [2.24, 2.45) is 5.92 Å². The van der Waals surface area contributed by atoms with Gasteiger partial charge in [-0.1, -0.05) is 17.7 Å². The Bertz CT molecular complexity index is 428. The summed E-state index contributed by atoms with van der Waals surface area (Å²) in [5.74, 6) is 0.311. The van der Waals surface area contributed by atoms with E-state index in [1.54, 1.807) is 6.07 Å². The fraction of sp³-hybridized carbons (Fsp3) is 0.417. The van der Waals surface area contributed by atoms with Crippen LogP contribution in [0.1, 0.15) is 12.0 Å². The van der Waals surface area contributed by atoms with E-state index in [1.807, 2.05) is 12.1 Å². The van der Waals surface area contributed by atoms with Crippen LogP contribution in [0.25, 0.3) is 0 Å². The van der Waals surface area contributed by atoms with Crippen molar-refractivity contribution in [2.75, 3.05) is 24.6 Å². The van der Waals surface area contributed by atoms with Gasteiger partial charge in [0.15, 0.2) is 0 Å². The molecule has 0 amide bonds. The maximum Gasteiger partial charge on any atom is 0.103 e. The van der Waals surface area contributed by atoms with E-state index in [4.69, 9.17) is 22.0 Å². The fourth-order valence-electron chi connectivity index (χ4n) is 2.09. The van der Waals surface area contributed by atoms with Gasteiger partial charge in [-0.25, -0.2) is 0 Å². The first-order valence-electron chi connectivity index (χ1n) is 5.30. The van der Waals surface area contributed by atoms with E-state index in [1.165, 1.54) is 0 Å². The number of aliphatic hydroxyl groups excluding tert-OH is 1. The van der Waals surface area contributed by atoms with Crippen molar-refractivity contribution in [3.05, 3.63) is 28.8 Å². The summed E-state index contributed by atoms with van der Waals surface area (Å²) in [5.41, 5.74) is 1.41. The lowest BCUT2D eigenvalue weighted by Gasteiger charge is -2.20. The first kappa shape index (κ1) is 11.3. The Hall–Kier alpha value is -1.24. The summed E-state index contributed by atoms with van der Waals surface area (Å²) in [7, 11) is 0. The number of hydrogen-bond donors (Lipinski definition) is 1. The first-order chi connectivity index (χ1) is 7.76. The molecule has 1 aliphatic rings. The van der Waals surface area contributed by atoms with Gasteiger partial charge in [-0.05, 0) is 18.6 Å². The third-order valence-electron chi connectivity index (χ3n) is 2.99. The molecule has 0 bridgehead atoms. The zero-order valence-corrected chi connectivity index (χ0v) is 9.61. The highest BCUT2D eigenvalue weighted by Gasteiger charge is 2.24. The summed E-state index contributed by atoms with van der Waals surface area (Å²) >= 11 is 5.98. The number of aliphatic hydroxyl groups is 1. The van der Waals surface area contributed by atoms with Gasteiger partial charge in [-0.2, -0.15) is 5.26 Å². The van der Waals surface area contributed by atoms with Crippen LogP contribution in [0.4, 0.5) is 5.69 Å². The Morgan fingerprint density at radius 2 is 2.38 bits per heavy atom. The molecule has 0 aliphatic carbocycles. The van der Waals surface area contributed by atoms with Crippen molar-refractivity contribution in [3.8, 4) is 6.07 Å². The van der Waals surface area contributed by atoms with Gasteiger partial charge in [0, 0.05) is 25.6 Å². The largest absolute Gasteiger partial charge is 0.396 e. The average molecular weight is 237 g/mol. The molecule has 1 atom stereocenters. The molecule has 1 saturated heterocycles. The van der Waals surface area contributed by atoms with E-state index in [9.17, 15) is 0 Å². The van der Waals surface area contributed by atoms with Crippen molar-refractivity contribution < 1.29 is 5.11 Å². The second-order valence-corrected chi connectivity index (χ2v) is 4.44. The summed E-state index contributed by atoms with van der Waals surface area (Å²) < 4.78 is 0. The van der Waals surface area contributed by atoms with Crippen LogP contribution >= 0.6 is 11.6 Å². The molecule has 1 fully saturated rings. The zero-order valence-electron chi connectivity index (χ0n) is 8.86. The molecule has 1 aromatic carbocycles. The summed E-state index contributed by atoms with van der Waals surface area (Å²) in [5, 5.41) is 18.7. The van der Waals surface area contributed by atoms with E-state index in [0.717, 1.165) is 25.2 Å². The summed E-state index contributed by atoms with van der Waals surface area (Å²) in [4.78, 5) is 2.12. The molecular formula is C12H13ClN2O. The van der Waals surface area contributed by atoms with Gasteiger partial charge in [0.05, 0.1) is 16.3 Å². The molecule has 1 aliphatic heterocycles. The monoisotopic (exact) mass is 236 g/mol. The Morgan fingerprint density at radius 1 is 1.56 bits per heavy atom. The van der Waals surface area contributed by atoms with Crippen molar-refractivity contribution in [3.63, 3.8) is 0 Å². The van der Waals surface area contributed by atoms with E-state index in [0.29, 0.717) is 16.5 Å². The van der Waals surface area contributed by atoms with Gasteiger partial charge >= 0.3 is 0 Å². The van der Waals surface area contributed by atoms with Crippen LogP contribution < -0.4 is 4.90 Å². The Balaban J connectivity index is 2.28. The topological polar surface area (TPSA) is 47.3 Å². The Kier molecular flexibility index (Phi) is 3.33.